The molecule has 6 nitrogen and oxygen atoms in total. The molecule has 1 unspecified atom stereocenters. The van der Waals surface area contributed by atoms with Crippen molar-refractivity contribution in [1.82, 2.24) is 15.5 Å². The highest BCUT2D eigenvalue weighted by Gasteiger charge is 2.27. The van der Waals surface area contributed by atoms with Crippen LogP contribution >= 0.6 is 0 Å². The Morgan fingerprint density at radius 1 is 1.37 bits per heavy atom. The maximum absolute atomic E-state index is 11.5. The molecule has 1 saturated carbocycles. The number of likely N-dealkylation sites (N-methyl/N-ethyl adjacent to an activating group) is 1. The molecule has 1 fully saturated rings. The minimum Gasteiger partial charge on any atom is -0.481 e. The fourth-order valence-electron chi connectivity index (χ4n) is 2.05. The molecule has 1 atom stereocenters. The van der Waals surface area contributed by atoms with Gasteiger partial charge in [0, 0.05) is 32.1 Å². The number of nitrogens with one attached hydrogen (secondary N) is 2. The number of carbonyl (C=O) groups is 2. The normalized spacial score (nSPS) is 16.2. The van der Waals surface area contributed by atoms with Gasteiger partial charge < -0.3 is 15.7 Å². The summed E-state index contributed by atoms with van der Waals surface area (Å²) in [6, 6.07) is 0.495. The minimum absolute atomic E-state index is 0.0538. The van der Waals surface area contributed by atoms with Crippen LogP contribution in [0.15, 0.2) is 0 Å². The van der Waals surface area contributed by atoms with E-state index in [1.807, 2.05) is 0 Å². The van der Waals surface area contributed by atoms with Crippen molar-refractivity contribution in [3.63, 3.8) is 0 Å². The summed E-state index contributed by atoms with van der Waals surface area (Å²) in [5, 5.41) is 14.1. The Labute approximate surface area is 114 Å². The second-order valence-corrected chi connectivity index (χ2v) is 5.20. The summed E-state index contributed by atoms with van der Waals surface area (Å²) in [6.45, 7) is 6.84. The monoisotopic (exact) mass is 271 g/mol. The van der Waals surface area contributed by atoms with Crippen LogP contribution in [0.25, 0.3) is 0 Å². The Hall–Kier alpha value is -1.30. The lowest BCUT2D eigenvalue weighted by atomic mass is 10.1. The summed E-state index contributed by atoms with van der Waals surface area (Å²) < 4.78 is 0. The van der Waals surface area contributed by atoms with Crippen molar-refractivity contribution in [2.24, 2.45) is 5.92 Å². The Bertz CT molecular complexity index is 306. The van der Waals surface area contributed by atoms with Gasteiger partial charge in [0.2, 0.25) is 0 Å². The van der Waals surface area contributed by atoms with Gasteiger partial charge in [0.1, 0.15) is 0 Å². The third-order valence-electron chi connectivity index (χ3n) is 3.29. The molecule has 0 aromatic rings. The molecular formula is C13H25N3O3. The minimum atomic E-state index is -0.835. The zero-order chi connectivity index (χ0) is 14.3. The highest BCUT2D eigenvalue weighted by molar-refractivity contribution is 5.74. The van der Waals surface area contributed by atoms with Crippen LogP contribution in [0.1, 0.15) is 33.1 Å². The second-order valence-electron chi connectivity index (χ2n) is 5.20. The molecule has 110 valence electrons. The summed E-state index contributed by atoms with van der Waals surface area (Å²) in [5.41, 5.74) is 0. The predicted octanol–water partition coefficient (Wildman–Crippen LogP) is 0.881. The number of rotatable bonds is 9. The molecule has 19 heavy (non-hydrogen) atoms. The van der Waals surface area contributed by atoms with Crippen molar-refractivity contribution in [2.45, 2.75) is 39.2 Å². The molecule has 0 saturated heterocycles. The van der Waals surface area contributed by atoms with E-state index in [1.165, 1.54) is 12.8 Å². The quantitative estimate of drug-likeness (QED) is 0.581. The van der Waals surface area contributed by atoms with Crippen molar-refractivity contribution >= 4 is 12.0 Å². The number of nitrogens with zero attached hydrogens (tertiary/aromatic N) is 1. The number of hydrogen-bond donors (Lipinski definition) is 3. The Morgan fingerprint density at radius 2 is 2.05 bits per heavy atom. The first kappa shape index (κ1) is 15.8. The molecule has 2 amide bonds. The number of carboxylic acid groups (broad SMARTS) is 1. The van der Waals surface area contributed by atoms with Crippen LogP contribution in [0.3, 0.4) is 0 Å². The van der Waals surface area contributed by atoms with E-state index in [1.54, 1.807) is 6.92 Å². The van der Waals surface area contributed by atoms with Crippen LogP contribution in [0.4, 0.5) is 4.79 Å². The molecule has 0 aliphatic heterocycles. The molecule has 0 aromatic heterocycles. The molecule has 0 radical (unpaired) electrons. The molecule has 3 N–H and O–H groups in total. The van der Waals surface area contributed by atoms with Gasteiger partial charge in [0.05, 0.1) is 0 Å². The maximum Gasteiger partial charge on any atom is 0.314 e. The first-order valence-electron chi connectivity index (χ1n) is 7.00. The number of amides is 2. The smallest absolute Gasteiger partial charge is 0.314 e. The summed E-state index contributed by atoms with van der Waals surface area (Å²) in [5.74, 6) is -0.889. The fourth-order valence-corrected chi connectivity index (χ4v) is 2.05. The summed E-state index contributed by atoms with van der Waals surface area (Å²) in [4.78, 5) is 24.3. The average Bonchev–Trinajstić information content (AvgIpc) is 3.15. The number of urea groups is 1. The van der Waals surface area contributed by atoms with Crippen LogP contribution in [0.5, 0.6) is 0 Å². The van der Waals surface area contributed by atoms with Gasteiger partial charge in [-0.2, -0.15) is 0 Å². The van der Waals surface area contributed by atoms with E-state index in [9.17, 15) is 9.59 Å². The Kier molecular flexibility index (Phi) is 6.62. The van der Waals surface area contributed by atoms with Gasteiger partial charge in [-0.15, -0.1) is 0 Å². The lowest BCUT2D eigenvalue weighted by molar-refractivity contribution is -0.137. The maximum atomic E-state index is 11.5. The van der Waals surface area contributed by atoms with Gasteiger partial charge in [-0.05, 0) is 25.3 Å². The highest BCUT2D eigenvalue weighted by Crippen LogP contribution is 2.25. The first-order valence-corrected chi connectivity index (χ1v) is 7.00. The standard InChI is InChI=1S/C13H25N3O3/c1-3-16(11-4-5-11)7-6-14-13(19)15-9-10(2)8-12(17)18/h10-11H,3-9H2,1-2H3,(H,17,18)(H2,14,15,19). The van der Waals surface area contributed by atoms with Gasteiger partial charge in [-0.1, -0.05) is 13.8 Å². The van der Waals surface area contributed by atoms with Crippen LogP contribution in [0.2, 0.25) is 0 Å². The van der Waals surface area contributed by atoms with Crippen LogP contribution < -0.4 is 10.6 Å². The number of aliphatic carboxylic acids is 1. The molecular weight excluding hydrogens is 246 g/mol. The molecule has 0 bridgehead atoms. The molecule has 1 aliphatic carbocycles. The summed E-state index contributed by atoms with van der Waals surface area (Å²) in [7, 11) is 0. The molecule has 0 heterocycles. The third kappa shape index (κ3) is 7.00. The van der Waals surface area contributed by atoms with Gasteiger partial charge in [-0.25, -0.2) is 4.79 Å². The van der Waals surface area contributed by atoms with Crippen LogP contribution in [-0.4, -0.2) is 54.2 Å². The summed E-state index contributed by atoms with van der Waals surface area (Å²) >= 11 is 0. The second kappa shape index (κ2) is 7.99. The van der Waals surface area contributed by atoms with E-state index in [0.29, 0.717) is 19.1 Å². The predicted molar refractivity (Wildman–Crippen MR) is 73.1 cm³/mol. The van der Waals surface area contributed by atoms with Crippen molar-refractivity contribution < 1.29 is 14.7 Å². The zero-order valence-corrected chi connectivity index (χ0v) is 11.8. The molecule has 0 aromatic carbocycles. The van der Waals surface area contributed by atoms with Crippen LogP contribution in [-0.2, 0) is 4.79 Å². The van der Waals surface area contributed by atoms with E-state index in [2.05, 4.69) is 22.5 Å². The fraction of sp³-hybridized carbons (Fsp3) is 0.846. The van der Waals surface area contributed by atoms with Crippen molar-refractivity contribution in [1.29, 1.82) is 0 Å². The van der Waals surface area contributed by atoms with Crippen LogP contribution in [0, 0.1) is 5.92 Å². The van der Waals surface area contributed by atoms with Gasteiger partial charge >= 0.3 is 12.0 Å². The first-order chi connectivity index (χ1) is 9.02. The van der Waals surface area contributed by atoms with Gasteiger partial charge in [0.15, 0.2) is 0 Å². The lowest BCUT2D eigenvalue weighted by Crippen LogP contribution is -2.42. The molecule has 6 heteroatoms. The highest BCUT2D eigenvalue weighted by atomic mass is 16.4. The van der Waals surface area contributed by atoms with E-state index in [4.69, 9.17) is 5.11 Å². The van der Waals surface area contributed by atoms with Gasteiger partial charge in [0.25, 0.3) is 0 Å². The molecule has 1 aliphatic rings. The van der Waals surface area contributed by atoms with Crippen molar-refractivity contribution in [3.05, 3.63) is 0 Å². The largest absolute Gasteiger partial charge is 0.481 e. The zero-order valence-electron chi connectivity index (χ0n) is 11.8. The van der Waals surface area contributed by atoms with E-state index < -0.39 is 5.97 Å². The third-order valence-corrected chi connectivity index (χ3v) is 3.29. The number of carboxylic acids is 1. The van der Waals surface area contributed by atoms with Crippen molar-refractivity contribution in [3.8, 4) is 0 Å². The summed E-state index contributed by atoms with van der Waals surface area (Å²) in [6.07, 6.45) is 2.62. The van der Waals surface area contributed by atoms with E-state index >= 15 is 0 Å². The van der Waals surface area contributed by atoms with Crippen molar-refractivity contribution in [2.75, 3.05) is 26.2 Å². The Balaban J connectivity index is 2.05. The topological polar surface area (TPSA) is 81.7 Å². The SMILES string of the molecule is CCN(CCNC(=O)NCC(C)CC(=O)O)C1CC1. The molecule has 1 rings (SSSR count). The number of carbonyl (C=O) groups excluding carboxylic acids is 1. The van der Waals surface area contributed by atoms with Gasteiger partial charge in [-0.3, -0.25) is 9.69 Å². The lowest BCUT2D eigenvalue weighted by Gasteiger charge is -2.20. The van der Waals surface area contributed by atoms with E-state index in [0.717, 1.165) is 13.1 Å². The average molecular weight is 271 g/mol. The van der Waals surface area contributed by atoms with E-state index in [-0.39, 0.29) is 18.4 Å². The Morgan fingerprint density at radius 3 is 2.58 bits per heavy atom. The number of hydrogen-bond acceptors (Lipinski definition) is 3. The molecule has 0 spiro atoms.